The number of rotatable bonds is 4. The van der Waals surface area contributed by atoms with E-state index < -0.39 is 0 Å². The Bertz CT molecular complexity index is 528. The molecule has 1 saturated carbocycles. The lowest BCUT2D eigenvalue weighted by Gasteiger charge is -2.16. The molecule has 0 saturated heterocycles. The Morgan fingerprint density at radius 1 is 1.35 bits per heavy atom. The van der Waals surface area contributed by atoms with Crippen LogP contribution in [0.2, 0.25) is 0 Å². The van der Waals surface area contributed by atoms with Crippen LogP contribution in [0.5, 0.6) is 0 Å². The van der Waals surface area contributed by atoms with Gasteiger partial charge in [-0.15, -0.1) is 11.3 Å². The summed E-state index contributed by atoms with van der Waals surface area (Å²) >= 11 is 1.85. The molecule has 1 aliphatic carbocycles. The first-order valence-corrected chi connectivity index (χ1v) is 7.01. The second kappa shape index (κ2) is 4.41. The highest BCUT2D eigenvalue weighted by molar-refractivity contribution is 7.19. The summed E-state index contributed by atoms with van der Waals surface area (Å²) in [6, 6.07) is 9.45. The molecular formula is C14H18N2S. The van der Waals surface area contributed by atoms with Crippen LogP contribution in [0.15, 0.2) is 24.3 Å². The van der Waals surface area contributed by atoms with Crippen molar-refractivity contribution in [1.82, 2.24) is 4.90 Å². The predicted molar refractivity (Wildman–Crippen MR) is 74.2 cm³/mol. The quantitative estimate of drug-likeness (QED) is 0.898. The Kier molecular flexibility index (Phi) is 2.90. The third-order valence-electron chi connectivity index (χ3n) is 3.55. The van der Waals surface area contributed by atoms with Crippen LogP contribution in [0.25, 0.3) is 10.1 Å². The normalized spacial score (nSPS) is 15.9. The molecule has 0 radical (unpaired) electrons. The van der Waals surface area contributed by atoms with Gasteiger partial charge in [0.15, 0.2) is 0 Å². The van der Waals surface area contributed by atoms with E-state index in [1.165, 1.54) is 33.4 Å². The number of hydrogen-bond acceptors (Lipinski definition) is 3. The van der Waals surface area contributed by atoms with Gasteiger partial charge in [-0.25, -0.2) is 0 Å². The summed E-state index contributed by atoms with van der Waals surface area (Å²) in [4.78, 5) is 3.81. The molecule has 90 valence electrons. The third-order valence-corrected chi connectivity index (χ3v) is 4.78. The fraction of sp³-hybridized carbons (Fsp3) is 0.429. The molecule has 2 aromatic rings. The fourth-order valence-electron chi connectivity index (χ4n) is 2.38. The van der Waals surface area contributed by atoms with E-state index in [0.29, 0.717) is 6.54 Å². The van der Waals surface area contributed by atoms with Gasteiger partial charge in [0.05, 0.1) is 0 Å². The van der Waals surface area contributed by atoms with Gasteiger partial charge >= 0.3 is 0 Å². The van der Waals surface area contributed by atoms with Crippen molar-refractivity contribution in [2.24, 2.45) is 5.73 Å². The zero-order valence-corrected chi connectivity index (χ0v) is 11.0. The lowest BCUT2D eigenvalue weighted by Crippen LogP contribution is -2.20. The highest BCUT2D eigenvalue weighted by Crippen LogP contribution is 2.34. The van der Waals surface area contributed by atoms with Crippen molar-refractivity contribution >= 4 is 21.4 Å². The van der Waals surface area contributed by atoms with Crippen molar-refractivity contribution < 1.29 is 0 Å². The fourth-order valence-corrected chi connectivity index (χ4v) is 3.48. The summed E-state index contributed by atoms with van der Waals surface area (Å²) in [5.41, 5.74) is 7.32. The van der Waals surface area contributed by atoms with Crippen LogP contribution in [0.3, 0.4) is 0 Å². The Morgan fingerprint density at radius 2 is 2.12 bits per heavy atom. The van der Waals surface area contributed by atoms with Crippen LogP contribution in [0.4, 0.5) is 0 Å². The second-order valence-electron chi connectivity index (χ2n) is 4.85. The molecule has 1 fully saturated rings. The van der Waals surface area contributed by atoms with Gasteiger partial charge in [-0.1, -0.05) is 18.2 Å². The van der Waals surface area contributed by atoms with Gasteiger partial charge < -0.3 is 5.73 Å². The van der Waals surface area contributed by atoms with Crippen LogP contribution in [-0.4, -0.2) is 18.0 Å². The van der Waals surface area contributed by atoms with E-state index in [1.54, 1.807) is 0 Å². The minimum absolute atomic E-state index is 0.660. The molecule has 1 aliphatic rings. The van der Waals surface area contributed by atoms with Crippen molar-refractivity contribution in [2.45, 2.75) is 32.0 Å². The average molecular weight is 246 g/mol. The summed E-state index contributed by atoms with van der Waals surface area (Å²) in [5.74, 6) is 0. The van der Waals surface area contributed by atoms with E-state index >= 15 is 0 Å². The van der Waals surface area contributed by atoms with Crippen LogP contribution >= 0.6 is 11.3 Å². The molecular weight excluding hydrogens is 228 g/mol. The highest BCUT2D eigenvalue weighted by atomic mass is 32.1. The van der Waals surface area contributed by atoms with E-state index in [1.807, 2.05) is 11.3 Å². The molecule has 0 bridgehead atoms. The van der Waals surface area contributed by atoms with Gasteiger partial charge in [-0.2, -0.15) is 0 Å². The van der Waals surface area contributed by atoms with Crippen LogP contribution in [0, 0.1) is 0 Å². The van der Waals surface area contributed by atoms with E-state index in [2.05, 4.69) is 36.2 Å². The molecule has 0 aliphatic heterocycles. The molecule has 17 heavy (non-hydrogen) atoms. The number of nitrogens with zero attached hydrogens (tertiary/aromatic N) is 1. The SMILES string of the molecule is CN(Cc1c(CN)sc2ccccc12)C1CC1. The number of nitrogens with two attached hydrogens (primary N) is 1. The maximum Gasteiger partial charge on any atom is 0.0349 e. The largest absolute Gasteiger partial charge is 0.326 e. The maximum atomic E-state index is 5.87. The van der Waals surface area contributed by atoms with E-state index in [9.17, 15) is 0 Å². The Morgan fingerprint density at radius 3 is 2.82 bits per heavy atom. The molecule has 1 aromatic carbocycles. The van der Waals surface area contributed by atoms with Crippen LogP contribution in [0.1, 0.15) is 23.3 Å². The Hall–Kier alpha value is -0.900. The highest BCUT2D eigenvalue weighted by Gasteiger charge is 2.27. The Labute approximate surface area is 106 Å². The van der Waals surface area contributed by atoms with Crippen molar-refractivity contribution in [3.63, 3.8) is 0 Å². The first-order chi connectivity index (χ1) is 8.29. The lowest BCUT2D eigenvalue weighted by molar-refractivity contribution is 0.317. The zero-order chi connectivity index (χ0) is 11.8. The monoisotopic (exact) mass is 246 g/mol. The molecule has 0 unspecified atom stereocenters. The smallest absolute Gasteiger partial charge is 0.0349 e. The number of fused-ring (bicyclic) bond motifs is 1. The first-order valence-electron chi connectivity index (χ1n) is 6.19. The van der Waals surface area contributed by atoms with Crippen molar-refractivity contribution in [3.8, 4) is 0 Å². The predicted octanol–water partition coefficient (Wildman–Crippen LogP) is 2.95. The third kappa shape index (κ3) is 2.10. The van der Waals surface area contributed by atoms with Gasteiger partial charge in [-0.3, -0.25) is 4.90 Å². The number of benzene rings is 1. The van der Waals surface area contributed by atoms with Gasteiger partial charge in [-0.05, 0) is 36.9 Å². The second-order valence-corrected chi connectivity index (χ2v) is 5.99. The molecule has 2 N–H and O–H groups in total. The summed E-state index contributed by atoms with van der Waals surface area (Å²) in [6.45, 7) is 1.70. The topological polar surface area (TPSA) is 29.3 Å². The van der Waals surface area contributed by atoms with E-state index in [4.69, 9.17) is 5.73 Å². The Balaban J connectivity index is 1.99. The molecule has 0 amide bonds. The first kappa shape index (κ1) is 11.2. The minimum Gasteiger partial charge on any atom is -0.326 e. The maximum absolute atomic E-state index is 5.87. The van der Waals surface area contributed by atoms with Crippen molar-refractivity contribution in [2.75, 3.05) is 7.05 Å². The zero-order valence-electron chi connectivity index (χ0n) is 10.1. The molecule has 1 aromatic heterocycles. The van der Waals surface area contributed by atoms with E-state index in [0.717, 1.165) is 12.6 Å². The summed E-state index contributed by atoms with van der Waals surface area (Å²) in [5, 5.41) is 1.39. The lowest BCUT2D eigenvalue weighted by atomic mass is 10.1. The molecule has 3 rings (SSSR count). The van der Waals surface area contributed by atoms with Gasteiger partial charge in [0.2, 0.25) is 0 Å². The summed E-state index contributed by atoms with van der Waals surface area (Å²) < 4.78 is 1.37. The summed E-state index contributed by atoms with van der Waals surface area (Å²) in [6.07, 6.45) is 2.72. The van der Waals surface area contributed by atoms with Gasteiger partial charge in [0.25, 0.3) is 0 Å². The summed E-state index contributed by atoms with van der Waals surface area (Å²) in [7, 11) is 2.23. The van der Waals surface area contributed by atoms with Crippen LogP contribution < -0.4 is 5.73 Å². The van der Waals surface area contributed by atoms with Crippen LogP contribution in [-0.2, 0) is 13.1 Å². The van der Waals surface area contributed by atoms with Crippen molar-refractivity contribution in [1.29, 1.82) is 0 Å². The standard InChI is InChI=1S/C14H18N2S/c1-16(10-6-7-10)9-12-11-4-2-3-5-13(11)17-14(12)8-15/h2-5,10H,6-9,15H2,1H3. The number of thiophene rings is 1. The van der Waals surface area contributed by atoms with Gasteiger partial charge in [0, 0.05) is 28.7 Å². The van der Waals surface area contributed by atoms with Gasteiger partial charge in [0.1, 0.15) is 0 Å². The molecule has 0 atom stereocenters. The average Bonchev–Trinajstić information content (AvgIpc) is 3.14. The molecule has 1 heterocycles. The van der Waals surface area contributed by atoms with E-state index in [-0.39, 0.29) is 0 Å². The minimum atomic E-state index is 0.660. The molecule has 0 spiro atoms. The molecule has 3 heteroatoms. The number of hydrogen-bond donors (Lipinski definition) is 1. The molecule has 2 nitrogen and oxygen atoms in total. The van der Waals surface area contributed by atoms with Crippen molar-refractivity contribution in [3.05, 3.63) is 34.7 Å².